The molecule has 1 amide bonds. The molecule has 0 bridgehead atoms. The smallest absolute Gasteiger partial charge is 0.220 e. The van der Waals surface area contributed by atoms with Gasteiger partial charge in [-0.05, 0) is 45.2 Å². The molecule has 1 aliphatic heterocycles. The highest BCUT2D eigenvalue weighted by molar-refractivity contribution is 7.84. The Balaban J connectivity index is 2.13. The highest BCUT2D eigenvalue weighted by Gasteiger charge is 2.15. The second-order valence-corrected chi connectivity index (χ2v) is 6.44. The van der Waals surface area contributed by atoms with Gasteiger partial charge in [0.05, 0.1) is 0 Å². The van der Waals surface area contributed by atoms with Crippen molar-refractivity contribution in [3.05, 3.63) is 0 Å². The Labute approximate surface area is 106 Å². The van der Waals surface area contributed by atoms with Crippen LogP contribution in [-0.4, -0.2) is 41.3 Å². The molecule has 0 aromatic carbocycles. The van der Waals surface area contributed by atoms with Crippen LogP contribution < -0.4 is 10.6 Å². The maximum absolute atomic E-state index is 11.6. The monoisotopic (exact) mass is 260 g/mol. The van der Waals surface area contributed by atoms with E-state index in [0.717, 1.165) is 19.5 Å². The number of hydrogen-bond donors (Lipinski definition) is 2. The Morgan fingerprint density at radius 3 is 2.94 bits per heavy atom. The van der Waals surface area contributed by atoms with Crippen molar-refractivity contribution in [1.29, 1.82) is 0 Å². The summed E-state index contributed by atoms with van der Waals surface area (Å²) in [6, 6.07) is 0.0119. The van der Waals surface area contributed by atoms with E-state index in [4.69, 9.17) is 0 Å². The first-order valence-corrected chi connectivity index (χ1v) is 8.10. The normalized spacial score (nSPS) is 24.0. The van der Waals surface area contributed by atoms with Crippen LogP contribution in [-0.2, 0) is 15.6 Å². The number of amides is 1. The average Bonchev–Trinajstić information content (AvgIpc) is 2.26. The van der Waals surface area contributed by atoms with E-state index < -0.39 is 10.8 Å². The molecule has 3 unspecified atom stereocenters. The van der Waals surface area contributed by atoms with Crippen LogP contribution in [0.5, 0.6) is 0 Å². The minimum Gasteiger partial charge on any atom is -0.353 e. The van der Waals surface area contributed by atoms with E-state index in [2.05, 4.69) is 10.6 Å². The van der Waals surface area contributed by atoms with Gasteiger partial charge in [-0.3, -0.25) is 9.00 Å². The van der Waals surface area contributed by atoms with Crippen LogP contribution in [0, 0.1) is 5.92 Å². The molecule has 100 valence electrons. The molecule has 0 radical (unpaired) electrons. The van der Waals surface area contributed by atoms with E-state index in [1.807, 2.05) is 6.92 Å². The minimum atomic E-state index is -0.845. The number of carbonyl (C=O) groups is 1. The molecule has 0 aromatic heterocycles. The van der Waals surface area contributed by atoms with Gasteiger partial charge in [-0.25, -0.2) is 0 Å². The minimum absolute atomic E-state index is 0.0119. The van der Waals surface area contributed by atoms with E-state index >= 15 is 0 Å². The number of piperidine rings is 1. The van der Waals surface area contributed by atoms with Gasteiger partial charge in [0, 0.05) is 35.3 Å². The molecule has 1 fully saturated rings. The van der Waals surface area contributed by atoms with Crippen molar-refractivity contribution in [2.75, 3.05) is 25.1 Å². The fourth-order valence-electron chi connectivity index (χ4n) is 2.25. The summed E-state index contributed by atoms with van der Waals surface area (Å²) in [6.45, 7) is 4.06. The van der Waals surface area contributed by atoms with Crippen molar-refractivity contribution in [1.82, 2.24) is 10.6 Å². The van der Waals surface area contributed by atoms with Crippen molar-refractivity contribution in [2.45, 2.75) is 38.6 Å². The summed E-state index contributed by atoms with van der Waals surface area (Å²) in [5, 5.41) is 6.25. The summed E-state index contributed by atoms with van der Waals surface area (Å²) in [4.78, 5) is 11.6. The third kappa shape index (κ3) is 6.78. The third-order valence-electron chi connectivity index (χ3n) is 3.07. The lowest BCUT2D eigenvalue weighted by molar-refractivity contribution is -0.121. The standard InChI is InChI=1S/C12H24N2O2S/c1-10(9-17(2)16)14-12(15)6-5-11-4-3-7-13-8-11/h10-11,13H,3-9H2,1-2H3,(H,14,15). The van der Waals surface area contributed by atoms with Gasteiger partial charge in [0.1, 0.15) is 0 Å². The van der Waals surface area contributed by atoms with Crippen LogP contribution in [0.4, 0.5) is 0 Å². The maximum Gasteiger partial charge on any atom is 0.220 e. The van der Waals surface area contributed by atoms with Crippen molar-refractivity contribution >= 4 is 16.7 Å². The molecule has 1 heterocycles. The molecule has 17 heavy (non-hydrogen) atoms. The van der Waals surface area contributed by atoms with Crippen molar-refractivity contribution < 1.29 is 9.00 Å². The van der Waals surface area contributed by atoms with Gasteiger partial charge in [-0.15, -0.1) is 0 Å². The summed E-state index contributed by atoms with van der Waals surface area (Å²) in [6.07, 6.45) is 5.66. The number of nitrogens with one attached hydrogen (secondary N) is 2. The van der Waals surface area contributed by atoms with Crippen LogP contribution in [0.2, 0.25) is 0 Å². The molecular formula is C12H24N2O2S. The van der Waals surface area contributed by atoms with Gasteiger partial charge in [0.15, 0.2) is 0 Å². The van der Waals surface area contributed by atoms with E-state index in [9.17, 15) is 9.00 Å². The number of carbonyl (C=O) groups excluding carboxylic acids is 1. The summed E-state index contributed by atoms with van der Waals surface area (Å²) in [5.74, 6) is 1.27. The predicted molar refractivity (Wildman–Crippen MR) is 71.4 cm³/mol. The first-order valence-electron chi connectivity index (χ1n) is 6.38. The largest absolute Gasteiger partial charge is 0.353 e. The van der Waals surface area contributed by atoms with Crippen LogP contribution in [0.15, 0.2) is 0 Å². The van der Waals surface area contributed by atoms with Crippen LogP contribution in [0.1, 0.15) is 32.6 Å². The zero-order chi connectivity index (χ0) is 12.7. The number of rotatable bonds is 6. The molecule has 0 aromatic rings. The van der Waals surface area contributed by atoms with Gasteiger partial charge in [0.25, 0.3) is 0 Å². The topological polar surface area (TPSA) is 58.2 Å². The average molecular weight is 260 g/mol. The lowest BCUT2D eigenvalue weighted by Crippen LogP contribution is -2.37. The molecule has 0 spiro atoms. The van der Waals surface area contributed by atoms with Crippen LogP contribution in [0.3, 0.4) is 0 Å². The molecular weight excluding hydrogens is 236 g/mol. The molecule has 1 saturated heterocycles. The van der Waals surface area contributed by atoms with Gasteiger partial charge in [-0.1, -0.05) is 0 Å². The van der Waals surface area contributed by atoms with E-state index in [-0.39, 0.29) is 11.9 Å². The second kappa shape index (κ2) is 7.82. The van der Waals surface area contributed by atoms with Crippen molar-refractivity contribution in [3.8, 4) is 0 Å². The van der Waals surface area contributed by atoms with E-state index in [0.29, 0.717) is 18.1 Å². The summed E-state index contributed by atoms with van der Waals surface area (Å²) < 4.78 is 11.0. The SMILES string of the molecule is CC(CS(C)=O)NC(=O)CCC1CCCNC1. The molecule has 1 aliphatic rings. The highest BCUT2D eigenvalue weighted by atomic mass is 32.2. The maximum atomic E-state index is 11.6. The predicted octanol–water partition coefficient (Wildman–Crippen LogP) is 0.649. The zero-order valence-electron chi connectivity index (χ0n) is 10.8. The molecule has 1 rings (SSSR count). The van der Waals surface area contributed by atoms with E-state index in [1.54, 1.807) is 6.26 Å². The summed E-state index contributed by atoms with van der Waals surface area (Å²) >= 11 is 0. The van der Waals surface area contributed by atoms with Gasteiger partial charge in [0.2, 0.25) is 5.91 Å². The molecule has 0 aliphatic carbocycles. The third-order valence-corrected chi connectivity index (χ3v) is 4.04. The zero-order valence-corrected chi connectivity index (χ0v) is 11.6. The molecule has 4 nitrogen and oxygen atoms in total. The molecule has 5 heteroatoms. The Kier molecular flexibility index (Phi) is 6.73. The van der Waals surface area contributed by atoms with Gasteiger partial charge >= 0.3 is 0 Å². The first kappa shape index (κ1) is 14.6. The fraction of sp³-hybridized carbons (Fsp3) is 0.917. The number of hydrogen-bond acceptors (Lipinski definition) is 3. The van der Waals surface area contributed by atoms with Crippen LogP contribution in [0.25, 0.3) is 0 Å². The highest BCUT2D eigenvalue weighted by Crippen LogP contribution is 2.15. The summed E-state index contributed by atoms with van der Waals surface area (Å²) in [5.41, 5.74) is 0. The molecule has 0 saturated carbocycles. The Bertz CT molecular complexity index is 265. The first-order chi connectivity index (χ1) is 8.08. The van der Waals surface area contributed by atoms with Crippen molar-refractivity contribution in [3.63, 3.8) is 0 Å². The van der Waals surface area contributed by atoms with Crippen molar-refractivity contribution in [2.24, 2.45) is 5.92 Å². The Morgan fingerprint density at radius 1 is 1.59 bits per heavy atom. The van der Waals surface area contributed by atoms with Crippen LogP contribution >= 0.6 is 0 Å². The van der Waals surface area contributed by atoms with Gasteiger partial charge in [-0.2, -0.15) is 0 Å². The fourth-order valence-corrected chi connectivity index (χ4v) is 3.03. The quantitative estimate of drug-likeness (QED) is 0.737. The lowest BCUT2D eigenvalue weighted by atomic mass is 9.94. The van der Waals surface area contributed by atoms with E-state index in [1.165, 1.54) is 12.8 Å². The molecule has 3 atom stereocenters. The lowest BCUT2D eigenvalue weighted by Gasteiger charge is -2.22. The summed E-state index contributed by atoms with van der Waals surface area (Å²) in [7, 11) is -0.845. The molecule has 2 N–H and O–H groups in total. The Morgan fingerprint density at radius 2 is 2.35 bits per heavy atom. The second-order valence-electron chi connectivity index (χ2n) is 4.96. The van der Waals surface area contributed by atoms with Gasteiger partial charge < -0.3 is 10.6 Å². The Hall–Kier alpha value is -0.420.